The van der Waals surface area contributed by atoms with Crippen molar-refractivity contribution in [2.45, 2.75) is 20.1 Å². The fourth-order valence-corrected chi connectivity index (χ4v) is 3.40. The van der Waals surface area contributed by atoms with E-state index in [9.17, 15) is 33.3 Å². The number of hydrogen-bond donors (Lipinski definition) is 5. The van der Waals surface area contributed by atoms with E-state index in [1.54, 1.807) is 6.92 Å². The average Bonchev–Trinajstić information content (AvgIpc) is 2.73. The van der Waals surface area contributed by atoms with Crippen molar-refractivity contribution in [2.75, 3.05) is 6.26 Å². The molecule has 0 aliphatic heterocycles. The molecule has 0 atom stereocenters. The third-order valence-electron chi connectivity index (χ3n) is 4.76. The maximum atomic E-state index is 13.0. The van der Waals surface area contributed by atoms with Crippen molar-refractivity contribution in [1.82, 2.24) is 19.7 Å². The molecule has 0 saturated heterocycles. The smallest absolute Gasteiger partial charge is 0.280 e. The van der Waals surface area contributed by atoms with E-state index >= 15 is 0 Å². The van der Waals surface area contributed by atoms with E-state index in [0.717, 1.165) is 4.68 Å². The summed E-state index contributed by atoms with van der Waals surface area (Å²) in [4.78, 5) is 32.7. The average molecular weight is 511 g/mol. The molecule has 5 N–H and O–H groups in total. The van der Waals surface area contributed by atoms with Gasteiger partial charge in [-0.15, -0.1) is 5.10 Å². The molecular formula is C20H19ClN4O8S. The van der Waals surface area contributed by atoms with Crippen LogP contribution in [0.2, 0.25) is 5.02 Å². The van der Waals surface area contributed by atoms with Crippen molar-refractivity contribution in [3.63, 3.8) is 0 Å². The maximum Gasteiger partial charge on any atom is 0.280 e. The molecule has 4 aromatic rings. The van der Waals surface area contributed by atoms with Crippen molar-refractivity contribution in [1.29, 1.82) is 0 Å². The van der Waals surface area contributed by atoms with Crippen LogP contribution in [-0.4, -0.2) is 54.3 Å². The van der Waals surface area contributed by atoms with Gasteiger partial charge < -0.3 is 20.3 Å². The lowest BCUT2D eigenvalue weighted by Crippen LogP contribution is -2.28. The Bertz CT molecular complexity index is 1640. The fourth-order valence-electron chi connectivity index (χ4n) is 3.23. The van der Waals surface area contributed by atoms with Gasteiger partial charge in [-0.25, -0.2) is 4.68 Å². The van der Waals surface area contributed by atoms with Crippen LogP contribution in [0.3, 0.4) is 0 Å². The summed E-state index contributed by atoms with van der Waals surface area (Å²) in [5.41, 5.74) is -0.275. The quantitative estimate of drug-likeness (QED) is 0.196. The highest BCUT2D eigenvalue weighted by atomic mass is 35.5. The van der Waals surface area contributed by atoms with Gasteiger partial charge in [-0.3, -0.25) is 19.1 Å². The number of pyridine rings is 2. The molecule has 0 fully saturated rings. The zero-order valence-corrected chi connectivity index (χ0v) is 19.3. The molecule has 0 amide bonds. The first-order valence-corrected chi connectivity index (χ1v) is 11.7. The van der Waals surface area contributed by atoms with E-state index in [1.165, 1.54) is 24.4 Å². The van der Waals surface area contributed by atoms with Crippen LogP contribution in [0.1, 0.15) is 16.8 Å². The number of benzene rings is 1. The number of aliphatic hydroxyl groups is 1. The number of H-pyrrole nitrogens is 1. The van der Waals surface area contributed by atoms with Crippen LogP contribution in [0, 0.1) is 6.92 Å². The summed E-state index contributed by atoms with van der Waals surface area (Å²) in [6.45, 7) is 0.873. The number of fused-ring (bicyclic) bond motifs is 2. The van der Waals surface area contributed by atoms with Crippen molar-refractivity contribution >= 4 is 43.5 Å². The Hall–Kier alpha value is -3.52. The highest BCUT2D eigenvalue weighted by molar-refractivity contribution is 7.85. The number of aliphatic hydroxyl groups excluding tert-OH is 1. The minimum atomic E-state index is -3.67. The van der Waals surface area contributed by atoms with E-state index in [-0.39, 0.29) is 34.1 Å². The fraction of sp³-hybridized carbons (Fsp3) is 0.200. The molecule has 0 bridgehead atoms. The molecule has 0 aliphatic carbocycles. The van der Waals surface area contributed by atoms with Gasteiger partial charge in [0.05, 0.1) is 30.6 Å². The second-order valence-electron chi connectivity index (χ2n) is 7.27. The van der Waals surface area contributed by atoms with Gasteiger partial charge >= 0.3 is 0 Å². The van der Waals surface area contributed by atoms with Gasteiger partial charge in [0.25, 0.3) is 21.6 Å². The highest BCUT2D eigenvalue weighted by Gasteiger charge is 2.19. The Morgan fingerprint density at radius 1 is 1.21 bits per heavy atom. The molecule has 4 rings (SSSR count). The van der Waals surface area contributed by atoms with Crippen molar-refractivity contribution in [2.24, 2.45) is 0 Å². The summed E-state index contributed by atoms with van der Waals surface area (Å²) in [5.74, 6) is -0.763. The minimum Gasteiger partial charge on any atom is -0.506 e. The summed E-state index contributed by atoms with van der Waals surface area (Å²) >= 11 is 5.95. The van der Waals surface area contributed by atoms with Crippen molar-refractivity contribution < 1.29 is 28.3 Å². The predicted octanol–water partition coefficient (Wildman–Crippen LogP) is 1.05. The van der Waals surface area contributed by atoms with E-state index in [1.807, 2.05) is 0 Å². The molecule has 12 nitrogen and oxygen atoms in total. The normalized spacial score (nSPS) is 11.4. The molecule has 3 aromatic heterocycles. The molecule has 180 valence electrons. The summed E-state index contributed by atoms with van der Waals surface area (Å²) in [6, 6.07) is 4.52. The summed E-state index contributed by atoms with van der Waals surface area (Å²) in [6.07, 6.45) is 2.09. The third kappa shape index (κ3) is 5.17. The van der Waals surface area contributed by atoms with E-state index in [2.05, 4.69) is 15.1 Å². The molecule has 1 aromatic carbocycles. The molecule has 3 heterocycles. The lowest BCUT2D eigenvalue weighted by atomic mass is 10.1. The Morgan fingerprint density at radius 2 is 1.85 bits per heavy atom. The number of aromatic nitrogens is 4. The third-order valence-corrected chi connectivity index (χ3v) is 4.99. The Labute approximate surface area is 196 Å². The zero-order valence-electron chi connectivity index (χ0n) is 17.8. The van der Waals surface area contributed by atoms with Crippen LogP contribution in [-0.2, 0) is 23.3 Å². The second-order valence-corrected chi connectivity index (χ2v) is 9.17. The number of nitrogens with zero attached hydrogens (tertiary/aromatic N) is 3. The monoisotopic (exact) mass is 510 g/mol. The number of aromatic amines is 1. The molecule has 0 aliphatic rings. The van der Waals surface area contributed by atoms with Gasteiger partial charge in [0.15, 0.2) is 0 Å². The number of rotatable bonds is 3. The number of aryl methyl sites for hydroxylation is 1. The van der Waals surface area contributed by atoms with Gasteiger partial charge in [-0.1, -0.05) is 11.6 Å². The Balaban J connectivity index is 0.000000588. The zero-order chi connectivity index (χ0) is 25.4. The van der Waals surface area contributed by atoms with Gasteiger partial charge in [0.2, 0.25) is 5.43 Å². The first-order valence-electron chi connectivity index (χ1n) is 9.46. The highest BCUT2D eigenvalue weighted by Crippen LogP contribution is 2.25. The minimum absolute atomic E-state index is 0.108. The van der Waals surface area contributed by atoms with Crippen LogP contribution in [0.25, 0.3) is 21.8 Å². The Kier molecular flexibility index (Phi) is 6.93. The SMILES string of the molecule is CS(=O)(=O)O.Cc1ncc(CO)c(Cn2nc(O)c3[nH]c4cc(Cl)ccc4c(=O)c3c2=O)c1O. The lowest BCUT2D eigenvalue weighted by Gasteiger charge is -2.13. The predicted molar refractivity (Wildman–Crippen MR) is 124 cm³/mol. The summed E-state index contributed by atoms with van der Waals surface area (Å²) in [5, 5.41) is 34.4. The number of nitrogens with one attached hydrogen (secondary N) is 1. The molecule has 0 unspecified atom stereocenters. The van der Waals surface area contributed by atoms with E-state index < -0.39 is 33.6 Å². The second kappa shape index (κ2) is 9.38. The van der Waals surface area contributed by atoms with E-state index in [4.69, 9.17) is 16.2 Å². The maximum absolute atomic E-state index is 13.0. The van der Waals surface area contributed by atoms with Crippen LogP contribution < -0.4 is 11.0 Å². The van der Waals surface area contributed by atoms with Crippen LogP contribution in [0.5, 0.6) is 11.6 Å². The van der Waals surface area contributed by atoms with Gasteiger partial charge in [0, 0.05) is 27.7 Å². The van der Waals surface area contributed by atoms with Crippen LogP contribution in [0.4, 0.5) is 0 Å². The van der Waals surface area contributed by atoms with Gasteiger partial charge in [0.1, 0.15) is 16.7 Å². The van der Waals surface area contributed by atoms with Crippen molar-refractivity contribution in [3.8, 4) is 11.6 Å². The summed E-state index contributed by atoms with van der Waals surface area (Å²) < 4.78 is 26.7. The van der Waals surface area contributed by atoms with Crippen LogP contribution in [0.15, 0.2) is 34.0 Å². The first-order chi connectivity index (χ1) is 15.8. The molecule has 0 saturated carbocycles. The molecule has 34 heavy (non-hydrogen) atoms. The van der Waals surface area contributed by atoms with Gasteiger partial charge in [-0.2, -0.15) is 8.42 Å². The van der Waals surface area contributed by atoms with Gasteiger partial charge in [-0.05, 0) is 25.1 Å². The van der Waals surface area contributed by atoms with Crippen molar-refractivity contribution in [3.05, 3.63) is 66.8 Å². The number of hydrogen-bond acceptors (Lipinski definition) is 9. The molecular weight excluding hydrogens is 492 g/mol. The lowest BCUT2D eigenvalue weighted by molar-refractivity contribution is 0.278. The number of halogens is 1. The molecule has 0 radical (unpaired) electrons. The standard InChI is InChI=1S/C19H15ClN4O5.CH4O3S/c1-8-16(26)12(9(7-25)5-21-8)6-24-19(29)14-15(18(28)23-24)22-13-4-10(20)2-3-11(13)17(14)27;1-5(2,3)4/h2-5,25-26H,6-7H2,1H3,(H,22,27)(H,23,28);1H3,(H,2,3,4). The molecule has 14 heteroatoms. The van der Waals surface area contributed by atoms with E-state index in [0.29, 0.717) is 28.1 Å². The first kappa shape index (κ1) is 25.1. The largest absolute Gasteiger partial charge is 0.506 e. The van der Waals surface area contributed by atoms with Crippen LogP contribution >= 0.6 is 11.6 Å². The summed E-state index contributed by atoms with van der Waals surface area (Å²) in [7, 11) is -3.67. The molecule has 0 spiro atoms. The topological polar surface area (TPSA) is 196 Å². The number of aromatic hydroxyl groups is 2. The Morgan fingerprint density at radius 3 is 2.47 bits per heavy atom.